The fraction of sp³-hybridized carbons (Fsp3) is 0.222. The summed E-state index contributed by atoms with van der Waals surface area (Å²) in [5.41, 5.74) is 14.0. The van der Waals surface area contributed by atoms with Crippen LogP contribution in [0.5, 0.6) is 0 Å². The van der Waals surface area contributed by atoms with Gasteiger partial charge in [-0.2, -0.15) is 0 Å². The van der Waals surface area contributed by atoms with E-state index >= 15 is 0 Å². The van der Waals surface area contributed by atoms with E-state index in [1.54, 1.807) is 0 Å². The van der Waals surface area contributed by atoms with Gasteiger partial charge in [0, 0.05) is 44.0 Å². The van der Waals surface area contributed by atoms with Crippen LogP contribution in [-0.2, 0) is 6.42 Å². The van der Waals surface area contributed by atoms with Gasteiger partial charge in [0.15, 0.2) is 0 Å². The first kappa shape index (κ1) is 21.9. The number of aliphatic imine (C=N–C) groups is 1. The third kappa shape index (κ3) is 3.84. The zero-order valence-corrected chi connectivity index (χ0v) is 19.7. The van der Waals surface area contributed by atoms with Crippen LogP contribution >= 0.6 is 0 Å². The number of carbonyl (C=O) groups is 1. The lowest BCUT2D eigenvalue weighted by atomic mass is 9.93. The number of carbonyl (C=O) groups excluding carboxylic acids is 1. The van der Waals surface area contributed by atoms with Gasteiger partial charge in [-0.25, -0.2) is 4.98 Å². The van der Waals surface area contributed by atoms with E-state index < -0.39 is 5.91 Å². The summed E-state index contributed by atoms with van der Waals surface area (Å²) in [7, 11) is 6.07. The molecule has 4 aromatic rings. The molecule has 7 heteroatoms. The minimum Gasteiger partial charge on any atom is -0.373 e. The highest BCUT2D eigenvalue weighted by atomic mass is 16.1. The van der Waals surface area contributed by atoms with Gasteiger partial charge < -0.3 is 15.5 Å². The minimum atomic E-state index is -0.419. The molecule has 0 saturated heterocycles. The summed E-state index contributed by atoms with van der Waals surface area (Å²) in [6.07, 6.45) is 4.30. The highest BCUT2D eigenvalue weighted by molar-refractivity contribution is 6.06. The van der Waals surface area contributed by atoms with Crippen LogP contribution < -0.4 is 10.6 Å². The molecule has 34 heavy (non-hydrogen) atoms. The van der Waals surface area contributed by atoms with E-state index in [1.807, 2.05) is 58.0 Å². The number of para-hydroxylation sites is 1. The molecule has 0 fully saturated rings. The van der Waals surface area contributed by atoms with Crippen molar-refractivity contribution in [3.63, 3.8) is 0 Å². The van der Waals surface area contributed by atoms with Crippen LogP contribution in [0.15, 0.2) is 65.9 Å². The largest absolute Gasteiger partial charge is 0.373 e. The van der Waals surface area contributed by atoms with Crippen molar-refractivity contribution in [2.45, 2.75) is 6.42 Å². The molecule has 1 aliphatic heterocycles. The number of hydrogen-bond acceptors (Lipinski definition) is 5. The third-order valence-electron chi connectivity index (χ3n) is 6.33. The Labute approximate surface area is 199 Å². The number of nitrogens with zero attached hydrogens (tertiary/aromatic N) is 5. The van der Waals surface area contributed by atoms with Gasteiger partial charge in [-0.05, 0) is 55.6 Å². The Morgan fingerprint density at radius 3 is 2.59 bits per heavy atom. The Hall–Kier alpha value is -3.97. The van der Waals surface area contributed by atoms with E-state index in [2.05, 4.69) is 54.7 Å². The minimum absolute atomic E-state index is 0.419. The van der Waals surface area contributed by atoms with E-state index in [9.17, 15) is 4.79 Å². The van der Waals surface area contributed by atoms with Crippen LogP contribution in [0.2, 0.25) is 0 Å². The molecule has 0 spiro atoms. The van der Waals surface area contributed by atoms with Crippen molar-refractivity contribution in [2.75, 3.05) is 39.1 Å². The summed E-state index contributed by atoms with van der Waals surface area (Å²) >= 11 is 0. The number of hydrogen-bond donors (Lipinski definition) is 1. The first-order valence-electron chi connectivity index (χ1n) is 11.3. The molecular formula is C27H28N6O. The number of primary amides is 1. The second kappa shape index (κ2) is 8.76. The van der Waals surface area contributed by atoms with Crippen molar-refractivity contribution in [3.05, 3.63) is 72.1 Å². The molecule has 172 valence electrons. The number of amides is 1. The Morgan fingerprint density at radius 1 is 1.06 bits per heavy atom. The summed E-state index contributed by atoms with van der Waals surface area (Å²) in [5, 5.41) is 0. The van der Waals surface area contributed by atoms with E-state index in [0.717, 1.165) is 57.9 Å². The average Bonchev–Trinajstić information content (AvgIpc) is 3.48. The molecule has 0 atom stereocenters. The maximum atomic E-state index is 12.5. The standard InChI is InChI=1S/C27H28N6O/c1-31(2)13-14-32(3)24-16-21(26-20(11-12-29-26)25(24)27(28)34)18-9-10-23-22(15-18)30-17-33(23)19-7-5-4-6-8-19/h4-10,12,15-17H,11,13-14H2,1-3H3,(H2,28,34). The third-order valence-corrected chi connectivity index (χ3v) is 6.33. The predicted molar refractivity (Wildman–Crippen MR) is 139 cm³/mol. The highest BCUT2D eigenvalue weighted by Gasteiger charge is 2.26. The van der Waals surface area contributed by atoms with Gasteiger partial charge in [0.1, 0.15) is 6.33 Å². The van der Waals surface area contributed by atoms with Gasteiger partial charge in [-0.1, -0.05) is 24.3 Å². The number of imidazole rings is 1. The van der Waals surface area contributed by atoms with Gasteiger partial charge in [-0.3, -0.25) is 14.4 Å². The normalized spacial score (nSPS) is 12.5. The van der Waals surface area contributed by atoms with Crippen LogP contribution in [0, 0.1) is 0 Å². The second-order valence-electron chi connectivity index (χ2n) is 8.90. The molecule has 1 amide bonds. The molecule has 2 heterocycles. The van der Waals surface area contributed by atoms with Gasteiger partial charge in [0.2, 0.25) is 0 Å². The Morgan fingerprint density at radius 2 is 1.85 bits per heavy atom. The van der Waals surface area contributed by atoms with Crippen LogP contribution in [0.1, 0.15) is 15.9 Å². The van der Waals surface area contributed by atoms with E-state index in [1.165, 1.54) is 0 Å². The van der Waals surface area contributed by atoms with E-state index in [-0.39, 0.29) is 0 Å². The van der Waals surface area contributed by atoms with Crippen LogP contribution in [0.4, 0.5) is 11.4 Å². The van der Waals surface area contributed by atoms with Crippen molar-refractivity contribution >= 4 is 34.5 Å². The smallest absolute Gasteiger partial charge is 0.251 e. The van der Waals surface area contributed by atoms with Crippen molar-refractivity contribution in [1.82, 2.24) is 14.5 Å². The van der Waals surface area contributed by atoms with Crippen molar-refractivity contribution in [2.24, 2.45) is 10.7 Å². The molecule has 5 rings (SSSR count). The monoisotopic (exact) mass is 452 g/mol. The fourth-order valence-corrected chi connectivity index (χ4v) is 4.53. The first-order chi connectivity index (χ1) is 16.4. The number of rotatable bonds is 7. The number of anilines is 1. The van der Waals surface area contributed by atoms with Crippen molar-refractivity contribution in [1.29, 1.82) is 0 Å². The lowest BCUT2D eigenvalue weighted by molar-refractivity contribution is 0.1000. The van der Waals surface area contributed by atoms with Crippen LogP contribution in [0.25, 0.3) is 27.8 Å². The molecule has 0 unspecified atom stereocenters. The molecular weight excluding hydrogens is 424 g/mol. The average molecular weight is 453 g/mol. The molecule has 0 radical (unpaired) electrons. The maximum absolute atomic E-state index is 12.5. The molecule has 2 N–H and O–H groups in total. The molecule has 0 aliphatic carbocycles. The summed E-state index contributed by atoms with van der Waals surface area (Å²) in [5.74, 6) is -0.419. The number of nitrogens with two attached hydrogens (primary N) is 1. The fourth-order valence-electron chi connectivity index (χ4n) is 4.53. The molecule has 0 bridgehead atoms. The lowest BCUT2D eigenvalue weighted by Gasteiger charge is -2.26. The molecule has 3 aromatic carbocycles. The van der Waals surface area contributed by atoms with Crippen LogP contribution in [0.3, 0.4) is 0 Å². The lowest BCUT2D eigenvalue weighted by Crippen LogP contribution is -2.30. The van der Waals surface area contributed by atoms with Crippen molar-refractivity contribution in [3.8, 4) is 16.8 Å². The summed E-state index contributed by atoms with van der Waals surface area (Å²) in [4.78, 5) is 26.0. The quantitative estimate of drug-likeness (QED) is 0.459. The predicted octanol–water partition coefficient (Wildman–Crippen LogP) is 4.05. The summed E-state index contributed by atoms with van der Waals surface area (Å²) in [6, 6.07) is 18.5. The number of aromatic nitrogens is 2. The number of likely N-dealkylation sites (N-methyl/N-ethyl adjacent to an activating group) is 2. The van der Waals surface area contributed by atoms with Crippen LogP contribution in [-0.4, -0.2) is 60.8 Å². The first-order valence-corrected chi connectivity index (χ1v) is 11.3. The molecule has 1 aromatic heterocycles. The number of benzene rings is 3. The van der Waals surface area contributed by atoms with Gasteiger partial charge >= 0.3 is 0 Å². The topological polar surface area (TPSA) is 79.8 Å². The maximum Gasteiger partial charge on any atom is 0.251 e. The summed E-state index contributed by atoms with van der Waals surface area (Å²) in [6.45, 7) is 1.63. The number of fused-ring (bicyclic) bond motifs is 2. The second-order valence-corrected chi connectivity index (χ2v) is 8.90. The molecule has 1 aliphatic rings. The van der Waals surface area contributed by atoms with Crippen molar-refractivity contribution < 1.29 is 4.79 Å². The van der Waals surface area contributed by atoms with E-state index in [0.29, 0.717) is 12.0 Å². The Bertz CT molecular complexity index is 1400. The van der Waals surface area contributed by atoms with Gasteiger partial charge in [0.05, 0.1) is 28.0 Å². The zero-order valence-electron chi connectivity index (χ0n) is 19.7. The summed E-state index contributed by atoms with van der Waals surface area (Å²) < 4.78 is 2.08. The van der Waals surface area contributed by atoms with Gasteiger partial charge in [-0.15, -0.1) is 0 Å². The Kier molecular flexibility index (Phi) is 5.63. The van der Waals surface area contributed by atoms with E-state index in [4.69, 9.17) is 5.73 Å². The zero-order chi connectivity index (χ0) is 23.8. The molecule has 0 saturated carbocycles. The highest BCUT2D eigenvalue weighted by Crippen LogP contribution is 2.43. The van der Waals surface area contributed by atoms with Gasteiger partial charge in [0.25, 0.3) is 5.91 Å². The Balaban J connectivity index is 1.63. The molecule has 7 nitrogen and oxygen atoms in total. The SMILES string of the molecule is CN(C)CCN(C)c1cc(-c2ccc3c(c2)ncn3-c2ccccc2)c2c(c1C(N)=O)CC=N2.